The van der Waals surface area contributed by atoms with Crippen molar-refractivity contribution < 1.29 is 4.79 Å². The van der Waals surface area contributed by atoms with Gasteiger partial charge < -0.3 is 4.90 Å². The molecule has 3 nitrogen and oxygen atoms in total. The van der Waals surface area contributed by atoms with Crippen molar-refractivity contribution in [2.75, 3.05) is 13.1 Å². The molecule has 1 saturated heterocycles. The van der Waals surface area contributed by atoms with E-state index in [9.17, 15) is 4.79 Å². The van der Waals surface area contributed by atoms with Crippen LogP contribution in [0.15, 0.2) is 36.5 Å². The normalized spacial score (nSPS) is 43.3. The van der Waals surface area contributed by atoms with Crippen LogP contribution in [0, 0.1) is 35.5 Å². The summed E-state index contributed by atoms with van der Waals surface area (Å²) < 4.78 is 0. The first kappa shape index (κ1) is 11.1. The summed E-state index contributed by atoms with van der Waals surface area (Å²) in [5.41, 5.74) is 0.594. The van der Waals surface area contributed by atoms with Gasteiger partial charge in [0.2, 0.25) is 0 Å². The summed E-state index contributed by atoms with van der Waals surface area (Å²) >= 11 is 0. The van der Waals surface area contributed by atoms with Gasteiger partial charge in [0.15, 0.2) is 0 Å². The smallest absolute Gasteiger partial charge is 0.272 e. The number of allylic oxidation sites excluding steroid dienone is 2. The summed E-state index contributed by atoms with van der Waals surface area (Å²) in [6, 6.07) is 5.58. The fourth-order valence-electron chi connectivity index (χ4n) is 5.07. The van der Waals surface area contributed by atoms with Crippen LogP contribution < -0.4 is 0 Å². The maximum atomic E-state index is 12.6. The number of pyridine rings is 1. The molecule has 2 heterocycles. The van der Waals surface area contributed by atoms with Crippen molar-refractivity contribution in [3.63, 3.8) is 0 Å². The predicted octanol–water partition coefficient (Wildman–Crippen LogP) is 2.22. The second-order valence-corrected chi connectivity index (χ2v) is 6.86. The fourth-order valence-corrected chi connectivity index (χ4v) is 5.07. The van der Waals surface area contributed by atoms with E-state index in [-0.39, 0.29) is 5.91 Å². The summed E-state index contributed by atoms with van der Waals surface area (Å²) in [6.45, 7) is 1.88. The van der Waals surface area contributed by atoms with E-state index in [1.165, 1.54) is 6.42 Å². The quantitative estimate of drug-likeness (QED) is 0.730. The van der Waals surface area contributed by atoms with Crippen LogP contribution in [0.2, 0.25) is 0 Å². The van der Waals surface area contributed by atoms with Crippen molar-refractivity contribution >= 4 is 5.91 Å². The monoisotopic (exact) mass is 266 g/mol. The summed E-state index contributed by atoms with van der Waals surface area (Å²) in [4.78, 5) is 18.8. The van der Waals surface area contributed by atoms with Crippen LogP contribution in [0.4, 0.5) is 0 Å². The number of carbonyl (C=O) groups is 1. The van der Waals surface area contributed by atoms with Gasteiger partial charge in [-0.3, -0.25) is 9.78 Å². The van der Waals surface area contributed by atoms with Crippen LogP contribution in [0.5, 0.6) is 0 Å². The van der Waals surface area contributed by atoms with Gasteiger partial charge in [-0.15, -0.1) is 0 Å². The fraction of sp³-hybridized carbons (Fsp3) is 0.529. The Labute approximate surface area is 118 Å². The van der Waals surface area contributed by atoms with Gasteiger partial charge >= 0.3 is 0 Å². The second-order valence-electron chi connectivity index (χ2n) is 6.86. The molecule has 5 aliphatic rings. The van der Waals surface area contributed by atoms with E-state index >= 15 is 0 Å². The maximum Gasteiger partial charge on any atom is 0.272 e. The van der Waals surface area contributed by atoms with E-state index in [1.807, 2.05) is 18.2 Å². The summed E-state index contributed by atoms with van der Waals surface area (Å²) in [7, 11) is 0. The number of amides is 1. The lowest BCUT2D eigenvalue weighted by Gasteiger charge is -2.40. The molecule has 6 atom stereocenters. The molecular formula is C17H18N2O. The maximum absolute atomic E-state index is 12.6. The lowest BCUT2D eigenvalue weighted by atomic mass is 9.64. The first-order valence-corrected chi connectivity index (χ1v) is 7.71. The van der Waals surface area contributed by atoms with E-state index < -0.39 is 0 Å². The highest BCUT2D eigenvalue weighted by Crippen LogP contribution is 2.64. The Morgan fingerprint density at radius 2 is 1.75 bits per heavy atom. The highest BCUT2D eigenvalue weighted by atomic mass is 16.2. The van der Waals surface area contributed by atoms with Gasteiger partial charge in [0, 0.05) is 19.3 Å². The van der Waals surface area contributed by atoms with Gasteiger partial charge in [0.1, 0.15) is 5.69 Å². The average molecular weight is 266 g/mol. The summed E-state index contributed by atoms with van der Waals surface area (Å²) in [5, 5.41) is 0. The Bertz CT molecular complexity index is 570. The molecule has 1 amide bonds. The molecule has 1 aromatic heterocycles. The third kappa shape index (κ3) is 1.36. The van der Waals surface area contributed by atoms with Crippen molar-refractivity contribution in [2.24, 2.45) is 35.5 Å². The van der Waals surface area contributed by atoms with E-state index in [0.717, 1.165) is 36.8 Å². The number of hydrogen-bond donors (Lipinski definition) is 0. The molecule has 1 aliphatic heterocycles. The summed E-state index contributed by atoms with van der Waals surface area (Å²) in [5.74, 6) is 4.91. The van der Waals surface area contributed by atoms with E-state index in [0.29, 0.717) is 17.5 Å². The van der Waals surface area contributed by atoms with Gasteiger partial charge in [0.05, 0.1) is 0 Å². The third-order valence-corrected chi connectivity index (χ3v) is 6.01. The molecule has 3 heteroatoms. The van der Waals surface area contributed by atoms with Gasteiger partial charge in [-0.1, -0.05) is 18.2 Å². The van der Waals surface area contributed by atoms with Gasteiger partial charge in [0.25, 0.3) is 5.91 Å². The number of carbonyl (C=O) groups excluding carboxylic acids is 1. The zero-order valence-electron chi connectivity index (χ0n) is 11.4. The first-order chi connectivity index (χ1) is 9.83. The third-order valence-electron chi connectivity index (χ3n) is 6.01. The van der Waals surface area contributed by atoms with Crippen LogP contribution in [0.25, 0.3) is 0 Å². The molecule has 0 aromatic carbocycles. The van der Waals surface area contributed by atoms with Crippen LogP contribution >= 0.6 is 0 Å². The molecule has 0 radical (unpaired) electrons. The molecule has 3 fully saturated rings. The molecular weight excluding hydrogens is 248 g/mol. The van der Waals surface area contributed by atoms with Crippen LogP contribution in [0.3, 0.4) is 0 Å². The number of hydrogen-bond acceptors (Lipinski definition) is 2. The number of nitrogens with zero attached hydrogens (tertiary/aromatic N) is 2. The van der Waals surface area contributed by atoms with Crippen molar-refractivity contribution in [3.05, 3.63) is 42.2 Å². The summed E-state index contributed by atoms with van der Waals surface area (Å²) in [6.07, 6.45) is 8.05. The molecule has 4 aliphatic carbocycles. The van der Waals surface area contributed by atoms with Gasteiger partial charge in [-0.2, -0.15) is 0 Å². The standard InChI is InChI=1S/C17H18N2O/c20-17(16-3-1-2-6-18-16)19-8-14-10-4-5-11(15(14)9-19)13-7-12(10)13/h1-6,10-15H,7-9H2/t10-,11+,12+,13-,14-,15?/m0/s1. The minimum Gasteiger partial charge on any atom is -0.337 e. The van der Waals surface area contributed by atoms with E-state index in [1.54, 1.807) is 6.20 Å². The SMILES string of the molecule is O=C(c1ccccn1)N1CC2[C@@H](C1)[C@H]1C=C[C@@H]2[C@@H]2C[C@H]12. The van der Waals surface area contributed by atoms with E-state index in [2.05, 4.69) is 22.0 Å². The molecule has 2 bridgehead atoms. The zero-order chi connectivity index (χ0) is 13.3. The number of aromatic nitrogens is 1. The van der Waals surface area contributed by atoms with Crippen molar-refractivity contribution in [1.82, 2.24) is 9.88 Å². The number of likely N-dealkylation sites (tertiary alicyclic amines) is 1. The minimum atomic E-state index is 0.119. The number of rotatable bonds is 1. The molecule has 2 saturated carbocycles. The van der Waals surface area contributed by atoms with Crippen molar-refractivity contribution in [1.29, 1.82) is 0 Å². The Morgan fingerprint density at radius 3 is 2.35 bits per heavy atom. The van der Waals surface area contributed by atoms with Crippen LogP contribution in [-0.4, -0.2) is 28.9 Å². The molecule has 0 spiro atoms. The highest BCUT2D eigenvalue weighted by molar-refractivity contribution is 5.92. The lowest BCUT2D eigenvalue weighted by Crippen LogP contribution is -2.37. The largest absolute Gasteiger partial charge is 0.337 e. The first-order valence-electron chi connectivity index (χ1n) is 7.71. The predicted molar refractivity (Wildman–Crippen MR) is 74.8 cm³/mol. The molecule has 1 aromatic rings. The lowest BCUT2D eigenvalue weighted by molar-refractivity contribution is 0.0776. The minimum absolute atomic E-state index is 0.119. The van der Waals surface area contributed by atoms with Crippen molar-refractivity contribution in [2.45, 2.75) is 6.42 Å². The van der Waals surface area contributed by atoms with Crippen LogP contribution in [0.1, 0.15) is 16.9 Å². The molecule has 0 N–H and O–H groups in total. The Morgan fingerprint density at radius 1 is 1.05 bits per heavy atom. The van der Waals surface area contributed by atoms with Gasteiger partial charge in [-0.05, 0) is 54.1 Å². The topological polar surface area (TPSA) is 33.2 Å². The second kappa shape index (κ2) is 3.72. The average Bonchev–Trinajstić information content (AvgIpc) is 3.20. The Kier molecular flexibility index (Phi) is 2.06. The molecule has 102 valence electrons. The molecule has 20 heavy (non-hydrogen) atoms. The van der Waals surface area contributed by atoms with E-state index in [4.69, 9.17) is 0 Å². The highest BCUT2D eigenvalue weighted by Gasteiger charge is 2.61. The Hall–Kier alpha value is -1.64. The molecule has 6 rings (SSSR count). The van der Waals surface area contributed by atoms with Gasteiger partial charge in [-0.25, -0.2) is 0 Å². The Balaban J connectivity index is 1.41. The molecule has 1 unspecified atom stereocenters. The van der Waals surface area contributed by atoms with Crippen molar-refractivity contribution in [3.8, 4) is 0 Å². The van der Waals surface area contributed by atoms with Crippen LogP contribution in [-0.2, 0) is 0 Å². The zero-order valence-corrected chi connectivity index (χ0v) is 11.4.